The normalized spacial score (nSPS) is 19.3. The van der Waals surface area contributed by atoms with Gasteiger partial charge in [-0.2, -0.15) is 0 Å². The van der Waals surface area contributed by atoms with Gasteiger partial charge in [0.25, 0.3) is 0 Å². The number of sulfonamides is 1. The van der Waals surface area contributed by atoms with Gasteiger partial charge in [0, 0.05) is 38.6 Å². The Kier molecular flexibility index (Phi) is 7.92. The first-order chi connectivity index (χ1) is 15.9. The first-order valence-electron chi connectivity index (χ1n) is 12.0. The molecule has 2 aliphatic rings. The zero-order valence-electron chi connectivity index (χ0n) is 19.7. The number of nitrogens with one attached hydrogen (secondary N) is 1. The second-order valence-electron chi connectivity index (χ2n) is 9.28. The molecule has 2 aromatic heterocycles. The maximum atomic E-state index is 11.4. The minimum absolute atomic E-state index is 0.343. The Morgan fingerprint density at radius 2 is 1.76 bits per heavy atom. The van der Waals surface area contributed by atoms with Crippen LogP contribution in [0, 0.1) is 11.8 Å². The first kappa shape index (κ1) is 24.0. The van der Waals surface area contributed by atoms with Gasteiger partial charge in [-0.25, -0.2) is 18.1 Å². The van der Waals surface area contributed by atoms with Crippen molar-refractivity contribution < 1.29 is 8.42 Å². The van der Waals surface area contributed by atoms with E-state index >= 15 is 0 Å². The van der Waals surface area contributed by atoms with Crippen molar-refractivity contribution in [2.24, 2.45) is 11.8 Å². The van der Waals surface area contributed by atoms with E-state index in [0.717, 1.165) is 62.9 Å². The predicted octanol–water partition coefficient (Wildman–Crippen LogP) is 1.62. The minimum Gasteiger partial charge on any atom is -0.341 e. The van der Waals surface area contributed by atoms with E-state index in [9.17, 15) is 8.42 Å². The highest BCUT2D eigenvalue weighted by Crippen LogP contribution is 2.28. The molecule has 0 aromatic carbocycles. The van der Waals surface area contributed by atoms with Gasteiger partial charge in [-0.1, -0.05) is 6.92 Å². The first-order valence-corrected chi connectivity index (χ1v) is 13.9. The molecule has 1 N–H and O–H groups in total. The maximum Gasteiger partial charge on any atom is 0.227 e. The van der Waals surface area contributed by atoms with Crippen LogP contribution in [0.25, 0.3) is 11.5 Å². The van der Waals surface area contributed by atoms with Crippen molar-refractivity contribution >= 4 is 16.0 Å². The highest BCUT2D eigenvalue weighted by Gasteiger charge is 2.26. The molecule has 0 radical (unpaired) electrons. The Bertz CT molecular complexity index is 981. The van der Waals surface area contributed by atoms with E-state index in [0.29, 0.717) is 18.4 Å². The number of likely N-dealkylation sites (tertiary alicyclic amines) is 1. The molecule has 33 heavy (non-hydrogen) atoms. The number of rotatable bonds is 9. The highest BCUT2D eigenvalue weighted by atomic mass is 32.2. The van der Waals surface area contributed by atoms with Gasteiger partial charge in [0.1, 0.15) is 5.69 Å². The largest absolute Gasteiger partial charge is 0.341 e. The lowest BCUT2D eigenvalue weighted by molar-refractivity contribution is 0.183. The van der Waals surface area contributed by atoms with Crippen molar-refractivity contribution in [2.75, 3.05) is 50.4 Å². The zero-order chi connectivity index (χ0) is 23.3. The predicted molar refractivity (Wildman–Crippen MR) is 128 cm³/mol. The van der Waals surface area contributed by atoms with Crippen molar-refractivity contribution in [3.8, 4) is 11.5 Å². The van der Waals surface area contributed by atoms with E-state index < -0.39 is 10.0 Å². The quantitative estimate of drug-likeness (QED) is 0.582. The molecular weight excluding hydrogens is 440 g/mol. The third-order valence-electron chi connectivity index (χ3n) is 6.97. The second kappa shape index (κ2) is 10.9. The third kappa shape index (κ3) is 6.48. The van der Waals surface area contributed by atoms with Crippen LogP contribution in [0.1, 0.15) is 39.0 Å². The standard InChI is InChI=1S/C22H36N8O2S/c1-3-28-11-4-18(5-12-28)8-15-30-21(20-17-23-9-10-24-20)26-27-22(30)29-13-6-19(7-14-29)16-25-33(2,31)32/h9-10,17-19,25H,3-8,11-16H2,1-2H3. The molecule has 0 saturated carbocycles. The second-order valence-corrected chi connectivity index (χ2v) is 11.1. The maximum absolute atomic E-state index is 11.4. The fraction of sp³-hybridized carbons (Fsp3) is 0.727. The molecule has 4 heterocycles. The molecule has 0 amide bonds. The molecule has 0 unspecified atom stereocenters. The molecule has 2 aromatic rings. The summed E-state index contributed by atoms with van der Waals surface area (Å²) in [6.45, 7) is 8.77. The summed E-state index contributed by atoms with van der Waals surface area (Å²) in [5.74, 6) is 2.71. The summed E-state index contributed by atoms with van der Waals surface area (Å²) in [6, 6.07) is 0. The Morgan fingerprint density at radius 3 is 2.39 bits per heavy atom. The van der Waals surface area contributed by atoms with Crippen LogP contribution in [0.15, 0.2) is 18.6 Å². The molecule has 0 aliphatic carbocycles. The molecule has 4 rings (SSSR count). The Hall–Kier alpha value is -2.11. The van der Waals surface area contributed by atoms with Gasteiger partial charge in [0.2, 0.25) is 16.0 Å². The Balaban J connectivity index is 1.45. The van der Waals surface area contributed by atoms with E-state index in [1.807, 2.05) is 0 Å². The van der Waals surface area contributed by atoms with Crippen LogP contribution in [0.5, 0.6) is 0 Å². The topological polar surface area (TPSA) is 109 Å². The highest BCUT2D eigenvalue weighted by molar-refractivity contribution is 7.88. The van der Waals surface area contributed by atoms with Crippen molar-refractivity contribution in [3.63, 3.8) is 0 Å². The van der Waals surface area contributed by atoms with Crippen LogP contribution in [0.2, 0.25) is 0 Å². The van der Waals surface area contributed by atoms with Crippen LogP contribution in [0.4, 0.5) is 5.95 Å². The van der Waals surface area contributed by atoms with Crippen LogP contribution in [-0.2, 0) is 16.6 Å². The monoisotopic (exact) mass is 476 g/mol. The number of hydrogen-bond donors (Lipinski definition) is 1. The Labute approximate surface area is 196 Å². The molecule has 11 heteroatoms. The average molecular weight is 477 g/mol. The van der Waals surface area contributed by atoms with E-state index in [1.165, 1.54) is 32.2 Å². The molecular formula is C22H36N8O2S. The van der Waals surface area contributed by atoms with Crippen molar-refractivity contribution in [1.29, 1.82) is 0 Å². The molecule has 10 nitrogen and oxygen atoms in total. The van der Waals surface area contributed by atoms with Gasteiger partial charge >= 0.3 is 0 Å². The molecule has 0 atom stereocenters. The summed E-state index contributed by atoms with van der Waals surface area (Å²) in [7, 11) is -3.15. The van der Waals surface area contributed by atoms with Gasteiger partial charge in [0.05, 0.1) is 12.5 Å². The average Bonchev–Trinajstić information content (AvgIpc) is 3.26. The number of hydrogen-bond acceptors (Lipinski definition) is 8. The van der Waals surface area contributed by atoms with Gasteiger partial charge in [0.15, 0.2) is 5.82 Å². The molecule has 0 spiro atoms. The summed E-state index contributed by atoms with van der Waals surface area (Å²) >= 11 is 0. The molecule has 2 aliphatic heterocycles. The lowest BCUT2D eigenvalue weighted by Crippen LogP contribution is -2.39. The summed E-state index contributed by atoms with van der Waals surface area (Å²) in [5.41, 5.74) is 0.740. The van der Waals surface area contributed by atoms with E-state index in [1.54, 1.807) is 18.6 Å². The van der Waals surface area contributed by atoms with Crippen LogP contribution < -0.4 is 9.62 Å². The van der Waals surface area contributed by atoms with Crippen LogP contribution in [0.3, 0.4) is 0 Å². The number of aromatic nitrogens is 5. The Morgan fingerprint density at radius 1 is 1.03 bits per heavy atom. The molecule has 2 fully saturated rings. The van der Waals surface area contributed by atoms with Gasteiger partial charge < -0.3 is 9.80 Å². The van der Waals surface area contributed by atoms with Crippen molar-refractivity contribution in [2.45, 2.75) is 45.6 Å². The van der Waals surface area contributed by atoms with Crippen LogP contribution >= 0.6 is 0 Å². The molecule has 2 saturated heterocycles. The SMILES string of the molecule is CCN1CCC(CCn2c(-c3cnccn3)nnc2N2CCC(CNS(C)(=O)=O)CC2)CC1. The van der Waals surface area contributed by atoms with Gasteiger partial charge in [-0.3, -0.25) is 9.55 Å². The number of piperidine rings is 2. The van der Waals surface area contributed by atoms with Crippen molar-refractivity contribution in [3.05, 3.63) is 18.6 Å². The van der Waals surface area contributed by atoms with E-state index in [4.69, 9.17) is 0 Å². The summed E-state index contributed by atoms with van der Waals surface area (Å²) < 4.78 is 27.7. The fourth-order valence-corrected chi connectivity index (χ4v) is 5.39. The summed E-state index contributed by atoms with van der Waals surface area (Å²) in [5, 5.41) is 9.07. The summed E-state index contributed by atoms with van der Waals surface area (Å²) in [4.78, 5) is 13.5. The van der Waals surface area contributed by atoms with E-state index in [-0.39, 0.29) is 0 Å². The lowest BCUT2D eigenvalue weighted by atomic mass is 9.93. The zero-order valence-corrected chi connectivity index (χ0v) is 20.5. The fourth-order valence-electron chi connectivity index (χ4n) is 4.85. The van der Waals surface area contributed by atoms with E-state index in [2.05, 4.69) is 46.2 Å². The minimum atomic E-state index is -3.15. The number of anilines is 1. The third-order valence-corrected chi connectivity index (χ3v) is 7.66. The van der Waals surface area contributed by atoms with Crippen LogP contribution in [-0.4, -0.2) is 83.6 Å². The molecule has 0 bridgehead atoms. The van der Waals surface area contributed by atoms with Gasteiger partial charge in [-0.05, 0) is 63.6 Å². The summed E-state index contributed by atoms with van der Waals surface area (Å²) in [6.07, 6.45) is 11.7. The lowest BCUT2D eigenvalue weighted by Gasteiger charge is -2.33. The smallest absolute Gasteiger partial charge is 0.227 e. The molecule has 182 valence electrons. The van der Waals surface area contributed by atoms with Crippen molar-refractivity contribution in [1.82, 2.24) is 34.4 Å². The number of nitrogens with zero attached hydrogens (tertiary/aromatic N) is 7. The van der Waals surface area contributed by atoms with Gasteiger partial charge in [-0.15, -0.1) is 10.2 Å².